The van der Waals surface area contributed by atoms with Gasteiger partial charge in [0, 0.05) is 0 Å². The van der Waals surface area contributed by atoms with Crippen LogP contribution in [0.25, 0.3) is 0 Å². The summed E-state index contributed by atoms with van der Waals surface area (Å²) in [7, 11) is 0. The fourth-order valence-electron chi connectivity index (χ4n) is 4.96. The summed E-state index contributed by atoms with van der Waals surface area (Å²) in [5, 5.41) is 0. The summed E-state index contributed by atoms with van der Waals surface area (Å²) in [5.41, 5.74) is 0. The van der Waals surface area contributed by atoms with Gasteiger partial charge in [0.15, 0.2) is 0 Å². The molecule has 0 unspecified atom stereocenters. The highest BCUT2D eigenvalue weighted by Gasteiger charge is 2.08. The second-order valence-electron chi connectivity index (χ2n) is 10.3. The molecule has 30 heavy (non-hydrogen) atoms. The minimum atomic E-state index is 1.04. The minimum Gasteiger partial charge on any atom is -0.0654 e. The zero-order valence-corrected chi connectivity index (χ0v) is 22.0. The molecule has 0 rings (SSSR count). The number of hydrogen-bond acceptors (Lipinski definition) is 0. The molecule has 0 fully saturated rings. The lowest BCUT2D eigenvalue weighted by Gasteiger charge is -2.17. The van der Waals surface area contributed by atoms with Gasteiger partial charge in [0.25, 0.3) is 0 Å². The predicted octanol–water partition coefficient (Wildman–Crippen LogP) is 11.8. The third-order valence-corrected chi connectivity index (χ3v) is 7.15. The van der Waals surface area contributed by atoms with E-state index in [0.717, 1.165) is 5.92 Å². The van der Waals surface area contributed by atoms with E-state index in [1.165, 1.54) is 167 Å². The van der Waals surface area contributed by atoms with E-state index in [-0.39, 0.29) is 0 Å². The van der Waals surface area contributed by atoms with Crippen molar-refractivity contribution < 1.29 is 0 Å². The van der Waals surface area contributed by atoms with Gasteiger partial charge in [-0.3, -0.25) is 0 Å². The fraction of sp³-hybridized carbons (Fsp3) is 1.00. The van der Waals surface area contributed by atoms with Crippen LogP contribution in [-0.2, 0) is 0 Å². The van der Waals surface area contributed by atoms with Gasteiger partial charge in [0.2, 0.25) is 0 Å². The van der Waals surface area contributed by atoms with Gasteiger partial charge in [-0.1, -0.05) is 188 Å². The highest BCUT2D eigenvalue weighted by molar-refractivity contribution is 4.62. The number of rotatable bonds is 26. The van der Waals surface area contributed by atoms with Crippen molar-refractivity contribution in [2.75, 3.05) is 0 Å². The van der Waals surface area contributed by atoms with Crippen LogP contribution >= 0.6 is 0 Å². The lowest BCUT2D eigenvalue weighted by molar-refractivity contribution is 0.365. The molecule has 0 spiro atoms. The van der Waals surface area contributed by atoms with Crippen molar-refractivity contribution in [1.29, 1.82) is 0 Å². The maximum absolute atomic E-state index is 2.32. The molecule has 0 radical (unpaired) electrons. The average molecular weight is 423 g/mol. The van der Waals surface area contributed by atoms with E-state index >= 15 is 0 Å². The summed E-state index contributed by atoms with van der Waals surface area (Å²) < 4.78 is 0. The van der Waals surface area contributed by atoms with Crippen molar-refractivity contribution in [2.45, 2.75) is 188 Å². The molecule has 0 N–H and O–H groups in total. The normalized spacial score (nSPS) is 11.6. The maximum Gasteiger partial charge on any atom is -0.0414 e. The van der Waals surface area contributed by atoms with E-state index < -0.39 is 0 Å². The standard InChI is InChI=1S/C30H62/c1-4-7-10-13-16-17-20-23-26-29-30(27-24-21-18-14-11-8-5-2)28-25-22-19-15-12-9-6-3/h30H,4-29H2,1-3H3. The molecule has 0 aliphatic heterocycles. The molecular formula is C30H62. The van der Waals surface area contributed by atoms with Crippen LogP contribution < -0.4 is 0 Å². The van der Waals surface area contributed by atoms with Gasteiger partial charge in [0.1, 0.15) is 0 Å². The Morgan fingerprint density at radius 1 is 0.267 bits per heavy atom. The minimum absolute atomic E-state index is 1.04. The molecule has 0 aromatic heterocycles. The second-order valence-corrected chi connectivity index (χ2v) is 10.3. The Morgan fingerprint density at radius 2 is 0.467 bits per heavy atom. The predicted molar refractivity (Wildman–Crippen MR) is 141 cm³/mol. The molecule has 0 bridgehead atoms. The van der Waals surface area contributed by atoms with Crippen LogP contribution in [0.3, 0.4) is 0 Å². The summed E-state index contributed by atoms with van der Waals surface area (Å²) in [6.07, 6.45) is 38.3. The Labute approximate surface area is 193 Å². The average Bonchev–Trinajstić information content (AvgIpc) is 2.76. The van der Waals surface area contributed by atoms with E-state index in [1.54, 1.807) is 0 Å². The van der Waals surface area contributed by atoms with Gasteiger partial charge in [-0.15, -0.1) is 0 Å². The lowest BCUT2D eigenvalue weighted by atomic mass is 9.89. The molecule has 0 aromatic carbocycles. The summed E-state index contributed by atoms with van der Waals surface area (Å²) in [5.74, 6) is 1.04. The summed E-state index contributed by atoms with van der Waals surface area (Å²) >= 11 is 0. The highest BCUT2D eigenvalue weighted by Crippen LogP contribution is 2.25. The van der Waals surface area contributed by atoms with Crippen LogP contribution in [0.15, 0.2) is 0 Å². The van der Waals surface area contributed by atoms with Crippen molar-refractivity contribution >= 4 is 0 Å². The molecule has 0 heteroatoms. The molecule has 182 valence electrons. The quantitative estimate of drug-likeness (QED) is 0.122. The molecule has 0 aromatic rings. The summed E-state index contributed by atoms with van der Waals surface area (Å²) in [4.78, 5) is 0. The summed E-state index contributed by atoms with van der Waals surface area (Å²) in [6, 6.07) is 0. The van der Waals surface area contributed by atoms with Gasteiger partial charge in [-0.05, 0) is 5.92 Å². The van der Waals surface area contributed by atoms with E-state index in [2.05, 4.69) is 20.8 Å². The lowest BCUT2D eigenvalue weighted by Crippen LogP contribution is -2.01. The SMILES string of the molecule is CCCCCCCCCCCC(CCCCCCCCC)CCCCCCCCC. The molecule has 0 amide bonds. The largest absolute Gasteiger partial charge is 0.0654 e. The van der Waals surface area contributed by atoms with Crippen molar-refractivity contribution in [3.8, 4) is 0 Å². The zero-order valence-electron chi connectivity index (χ0n) is 22.0. The topological polar surface area (TPSA) is 0 Å². The molecule has 0 heterocycles. The van der Waals surface area contributed by atoms with E-state index in [1.807, 2.05) is 0 Å². The molecule has 0 saturated heterocycles. The number of unbranched alkanes of at least 4 members (excludes halogenated alkanes) is 20. The van der Waals surface area contributed by atoms with Gasteiger partial charge < -0.3 is 0 Å². The Kier molecular flexibility index (Phi) is 27.0. The van der Waals surface area contributed by atoms with E-state index in [4.69, 9.17) is 0 Å². The zero-order chi connectivity index (χ0) is 22.0. The number of hydrogen-bond donors (Lipinski definition) is 0. The summed E-state index contributed by atoms with van der Waals surface area (Å²) in [6.45, 7) is 6.96. The second kappa shape index (κ2) is 27.0. The Bertz CT molecular complexity index is 264. The maximum atomic E-state index is 2.32. The van der Waals surface area contributed by atoms with Crippen LogP contribution in [0.1, 0.15) is 188 Å². The molecule has 0 nitrogen and oxygen atoms in total. The fourth-order valence-corrected chi connectivity index (χ4v) is 4.96. The van der Waals surface area contributed by atoms with Gasteiger partial charge in [-0.2, -0.15) is 0 Å². The van der Waals surface area contributed by atoms with Crippen molar-refractivity contribution in [1.82, 2.24) is 0 Å². The molecule has 0 aliphatic carbocycles. The van der Waals surface area contributed by atoms with Crippen molar-refractivity contribution in [3.63, 3.8) is 0 Å². The van der Waals surface area contributed by atoms with Gasteiger partial charge in [0.05, 0.1) is 0 Å². The smallest absolute Gasteiger partial charge is 0.0414 e. The highest BCUT2D eigenvalue weighted by atomic mass is 14.1. The van der Waals surface area contributed by atoms with E-state index in [9.17, 15) is 0 Å². The molecule has 0 saturated carbocycles. The van der Waals surface area contributed by atoms with Crippen LogP contribution in [-0.4, -0.2) is 0 Å². The first-order chi connectivity index (χ1) is 14.8. The van der Waals surface area contributed by atoms with Crippen LogP contribution in [0.2, 0.25) is 0 Å². The molecular weight excluding hydrogens is 360 g/mol. The third kappa shape index (κ3) is 24.3. The van der Waals surface area contributed by atoms with Crippen LogP contribution in [0, 0.1) is 5.92 Å². The third-order valence-electron chi connectivity index (χ3n) is 7.15. The Balaban J connectivity index is 3.80. The monoisotopic (exact) mass is 422 g/mol. The van der Waals surface area contributed by atoms with Crippen LogP contribution in [0.4, 0.5) is 0 Å². The van der Waals surface area contributed by atoms with E-state index in [0.29, 0.717) is 0 Å². The van der Waals surface area contributed by atoms with Crippen molar-refractivity contribution in [3.05, 3.63) is 0 Å². The molecule has 0 aliphatic rings. The molecule has 0 atom stereocenters. The van der Waals surface area contributed by atoms with Crippen molar-refractivity contribution in [2.24, 2.45) is 5.92 Å². The van der Waals surface area contributed by atoms with Crippen LogP contribution in [0.5, 0.6) is 0 Å². The first-order valence-corrected chi connectivity index (χ1v) is 14.8. The van der Waals surface area contributed by atoms with Gasteiger partial charge in [-0.25, -0.2) is 0 Å². The van der Waals surface area contributed by atoms with Gasteiger partial charge >= 0.3 is 0 Å². The first-order valence-electron chi connectivity index (χ1n) is 14.8. The Morgan fingerprint density at radius 3 is 0.700 bits per heavy atom. The Hall–Kier alpha value is 0. The first kappa shape index (κ1) is 30.0.